The molecule has 0 saturated carbocycles. The smallest absolute Gasteiger partial charge is 0.433 e. The van der Waals surface area contributed by atoms with E-state index < -0.39 is 18.0 Å². The van der Waals surface area contributed by atoms with Gasteiger partial charge in [0.25, 0.3) is 0 Å². The average Bonchev–Trinajstić information content (AvgIpc) is 3.00. The van der Waals surface area contributed by atoms with Crippen LogP contribution in [0.15, 0.2) is 29.0 Å². The fraction of sp³-hybridized carbons (Fsp3) is 0.286. The van der Waals surface area contributed by atoms with Crippen molar-refractivity contribution >= 4 is 33.9 Å². The lowest BCUT2D eigenvalue weighted by atomic mass is 10.1. The number of pyridine rings is 1. The van der Waals surface area contributed by atoms with Crippen molar-refractivity contribution in [2.45, 2.75) is 18.7 Å². The monoisotopic (exact) mass is 438 g/mol. The molecule has 0 radical (unpaired) electrons. The van der Waals surface area contributed by atoms with Crippen LogP contribution >= 0.6 is 33.9 Å². The first-order chi connectivity index (χ1) is 10.5. The summed E-state index contributed by atoms with van der Waals surface area (Å²) in [6.45, 7) is 0. The van der Waals surface area contributed by atoms with Gasteiger partial charge in [0.05, 0.1) is 0 Å². The highest BCUT2D eigenvalue weighted by Gasteiger charge is 2.33. The van der Waals surface area contributed by atoms with Crippen LogP contribution < -0.4 is 4.74 Å². The van der Waals surface area contributed by atoms with Gasteiger partial charge in [-0.2, -0.15) is 29.8 Å². The van der Waals surface area contributed by atoms with Crippen LogP contribution in [0.25, 0.3) is 0 Å². The van der Waals surface area contributed by atoms with E-state index in [4.69, 9.17) is 10.00 Å². The number of ether oxygens (including phenoxy) is 1. The highest BCUT2D eigenvalue weighted by atomic mass is 127. The maximum absolute atomic E-state index is 12.8. The van der Waals surface area contributed by atoms with E-state index >= 15 is 0 Å². The van der Waals surface area contributed by atoms with Gasteiger partial charge in [0.15, 0.2) is 0 Å². The second-order valence-electron chi connectivity index (χ2n) is 4.30. The number of alkyl halides is 4. The van der Waals surface area contributed by atoms with Crippen LogP contribution in [0.2, 0.25) is 0 Å². The molecule has 0 aliphatic carbocycles. The minimum absolute atomic E-state index is 0.0123. The summed E-state index contributed by atoms with van der Waals surface area (Å²) in [4.78, 5) is 3.48. The lowest BCUT2D eigenvalue weighted by molar-refractivity contribution is -0.141. The fourth-order valence-electron chi connectivity index (χ4n) is 1.76. The first kappa shape index (κ1) is 17.0. The maximum atomic E-state index is 12.8. The Labute approximate surface area is 142 Å². The van der Waals surface area contributed by atoms with Crippen molar-refractivity contribution in [3.63, 3.8) is 0 Å². The summed E-state index contributed by atoms with van der Waals surface area (Å²) in [6.07, 6.45) is -4.39. The number of thiophene rings is 1. The Kier molecular flexibility index (Phi) is 5.63. The van der Waals surface area contributed by atoms with Gasteiger partial charge in [-0.25, -0.2) is 4.98 Å². The lowest BCUT2D eigenvalue weighted by Gasteiger charge is -2.18. The predicted octanol–water partition coefficient (Wildman–Crippen LogP) is 4.98. The minimum atomic E-state index is -4.58. The van der Waals surface area contributed by atoms with Crippen molar-refractivity contribution in [1.29, 1.82) is 5.26 Å². The van der Waals surface area contributed by atoms with Crippen molar-refractivity contribution in [3.05, 3.63) is 45.8 Å². The number of aromatic nitrogens is 1. The quantitative estimate of drug-likeness (QED) is 0.489. The molecule has 0 fully saturated rings. The lowest BCUT2D eigenvalue weighted by Crippen LogP contribution is -2.13. The van der Waals surface area contributed by atoms with Gasteiger partial charge in [0, 0.05) is 9.99 Å². The highest BCUT2D eigenvalue weighted by molar-refractivity contribution is 14.1. The van der Waals surface area contributed by atoms with E-state index in [1.165, 1.54) is 11.3 Å². The molecule has 0 bridgehead atoms. The second-order valence-corrected chi connectivity index (χ2v) is 6.16. The predicted molar refractivity (Wildman–Crippen MR) is 85.1 cm³/mol. The van der Waals surface area contributed by atoms with E-state index in [1.807, 2.05) is 22.9 Å². The zero-order chi connectivity index (χ0) is 16.2. The third kappa shape index (κ3) is 4.10. The number of nitriles is 1. The van der Waals surface area contributed by atoms with Crippen LogP contribution in [0, 0.1) is 11.3 Å². The molecular weight excluding hydrogens is 428 g/mol. The molecule has 0 aliphatic rings. The minimum Gasteiger partial charge on any atom is -0.468 e. The standard InChI is InChI=1S/C14H10F3IN2OS/c15-14(16,17)12-2-1-9(7-19)13(20-12)21-11(3-5-18)10-4-6-22-8-10/h1-2,4,6,8,11H,3,5H2/t11-/m1/s1. The van der Waals surface area contributed by atoms with Crippen molar-refractivity contribution < 1.29 is 17.9 Å². The number of hydrogen-bond acceptors (Lipinski definition) is 4. The summed E-state index contributed by atoms with van der Waals surface area (Å²) in [5.41, 5.74) is -0.216. The van der Waals surface area contributed by atoms with Crippen LogP contribution in [-0.4, -0.2) is 9.41 Å². The first-order valence-corrected chi connectivity index (χ1v) is 8.65. The molecule has 1 atom stereocenters. The van der Waals surface area contributed by atoms with Crippen LogP contribution in [0.4, 0.5) is 13.2 Å². The van der Waals surface area contributed by atoms with Gasteiger partial charge in [-0.1, -0.05) is 22.6 Å². The Morgan fingerprint density at radius 2 is 2.14 bits per heavy atom. The summed E-state index contributed by atoms with van der Waals surface area (Å²) in [7, 11) is 0. The van der Waals surface area contributed by atoms with E-state index in [2.05, 4.69) is 27.6 Å². The molecule has 2 aromatic rings. The largest absolute Gasteiger partial charge is 0.468 e. The molecule has 0 saturated heterocycles. The molecule has 3 nitrogen and oxygen atoms in total. The zero-order valence-corrected chi connectivity index (χ0v) is 14.1. The molecule has 0 spiro atoms. The van der Waals surface area contributed by atoms with E-state index in [9.17, 15) is 13.2 Å². The van der Waals surface area contributed by atoms with Crippen LogP contribution in [-0.2, 0) is 6.18 Å². The van der Waals surface area contributed by atoms with Gasteiger partial charge >= 0.3 is 6.18 Å². The molecule has 22 heavy (non-hydrogen) atoms. The van der Waals surface area contributed by atoms with E-state index in [1.54, 1.807) is 0 Å². The van der Waals surface area contributed by atoms with Gasteiger partial charge in [0.1, 0.15) is 23.4 Å². The highest BCUT2D eigenvalue weighted by Crippen LogP contribution is 2.32. The molecule has 8 heteroatoms. The van der Waals surface area contributed by atoms with Crippen molar-refractivity contribution in [2.75, 3.05) is 4.43 Å². The molecular formula is C14H10F3IN2OS. The summed E-state index contributed by atoms with van der Waals surface area (Å²) in [5.74, 6) is -0.279. The van der Waals surface area contributed by atoms with Gasteiger partial charge in [-0.15, -0.1) is 0 Å². The third-order valence-corrected chi connectivity index (χ3v) is 4.14. The molecule has 0 aliphatic heterocycles. The van der Waals surface area contributed by atoms with Crippen molar-refractivity contribution in [1.82, 2.24) is 4.98 Å². The Morgan fingerprint density at radius 1 is 1.36 bits per heavy atom. The normalized spacial score (nSPS) is 12.7. The van der Waals surface area contributed by atoms with E-state index in [0.29, 0.717) is 6.42 Å². The van der Waals surface area contributed by atoms with Gasteiger partial charge in [-0.3, -0.25) is 0 Å². The van der Waals surface area contributed by atoms with Crippen LogP contribution in [0.3, 0.4) is 0 Å². The fourth-order valence-corrected chi connectivity index (χ4v) is 3.03. The van der Waals surface area contributed by atoms with E-state index in [-0.39, 0.29) is 11.4 Å². The van der Waals surface area contributed by atoms with Crippen molar-refractivity contribution in [2.24, 2.45) is 0 Å². The SMILES string of the molecule is N#Cc1ccc(C(F)(F)F)nc1O[C@H](CCI)c1ccsc1. The number of rotatable bonds is 5. The molecule has 2 rings (SSSR count). The number of nitrogens with zero attached hydrogens (tertiary/aromatic N) is 2. The zero-order valence-electron chi connectivity index (χ0n) is 11.1. The Bertz CT molecular complexity index is 668. The summed E-state index contributed by atoms with van der Waals surface area (Å²) < 4.78 is 44.7. The molecule has 0 unspecified atom stereocenters. The molecule has 116 valence electrons. The molecule has 2 aromatic heterocycles. The van der Waals surface area contributed by atoms with Gasteiger partial charge < -0.3 is 4.74 Å². The van der Waals surface area contributed by atoms with E-state index in [0.717, 1.165) is 22.1 Å². The molecule has 0 amide bonds. The van der Waals surface area contributed by atoms with Gasteiger partial charge in [0.2, 0.25) is 5.88 Å². The summed E-state index contributed by atoms with van der Waals surface area (Å²) in [6, 6.07) is 5.53. The number of hydrogen-bond donors (Lipinski definition) is 0. The van der Waals surface area contributed by atoms with Crippen molar-refractivity contribution in [3.8, 4) is 11.9 Å². The van der Waals surface area contributed by atoms with Crippen LogP contribution in [0.1, 0.15) is 29.3 Å². The Hall–Kier alpha value is -1.34. The number of halogens is 4. The third-order valence-electron chi connectivity index (χ3n) is 2.81. The van der Waals surface area contributed by atoms with Crippen LogP contribution in [0.5, 0.6) is 5.88 Å². The molecule has 0 N–H and O–H groups in total. The summed E-state index contributed by atoms with van der Waals surface area (Å²) in [5, 5.41) is 12.8. The molecule has 0 aromatic carbocycles. The second kappa shape index (κ2) is 7.28. The first-order valence-electron chi connectivity index (χ1n) is 6.18. The molecule has 2 heterocycles. The maximum Gasteiger partial charge on any atom is 0.433 e. The Balaban J connectivity index is 2.35. The summed E-state index contributed by atoms with van der Waals surface area (Å²) >= 11 is 3.64. The topological polar surface area (TPSA) is 45.9 Å². The average molecular weight is 438 g/mol. The Morgan fingerprint density at radius 3 is 2.68 bits per heavy atom. The van der Waals surface area contributed by atoms with Gasteiger partial charge in [-0.05, 0) is 35.4 Å².